The second kappa shape index (κ2) is 5.41. The van der Waals surface area contributed by atoms with Crippen molar-refractivity contribution in [2.45, 2.75) is 36.5 Å². The summed E-state index contributed by atoms with van der Waals surface area (Å²) in [5, 5.41) is 0. The van der Waals surface area contributed by atoms with Crippen LogP contribution in [0, 0.1) is 0 Å². The highest BCUT2D eigenvalue weighted by Crippen LogP contribution is 2.35. The molecular weight excluding hydrogens is 272 g/mol. The Balaban J connectivity index is 1.78. The minimum Gasteiger partial charge on any atom is -0.352 e. The van der Waals surface area contributed by atoms with E-state index in [4.69, 9.17) is 5.73 Å². The molecule has 110 valence electrons. The lowest BCUT2D eigenvalue weighted by Crippen LogP contribution is -2.48. The summed E-state index contributed by atoms with van der Waals surface area (Å²) in [5.74, 6) is 0.617. The molecule has 0 spiro atoms. The van der Waals surface area contributed by atoms with Crippen molar-refractivity contribution in [2.24, 2.45) is 5.73 Å². The van der Waals surface area contributed by atoms with Crippen LogP contribution >= 0.6 is 11.8 Å². The minimum atomic E-state index is 0.0689. The number of nitrogens with two attached hydrogens (primary N) is 1. The van der Waals surface area contributed by atoms with Gasteiger partial charge in [-0.2, -0.15) is 11.8 Å². The standard InChI is InChI=1S/C14H22N4OS/c1-20-14(10-15)4-7-17(8-5-14)12-13(19)18(9-6-16-12)11-2-3-11/h6,9,11H,2-5,7-8,10,15H2,1H3. The van der Waals surface area contributed by atoms with E-state index in [9.17, 15) is 4.79 Å². The van der Waals surface area contributed by atoms with Crippen LogP contribution in [0.4, 0.5) is 5.82 Å². The van der Waals surface area contributed by atoms with Crippen LogP contribution in [0.25, 0.3) is 0 Å². The van der Waals surface area contributed by atoms with E-state index in [1.54, 1.807) is 6.20 Å². The Morgan fingerprint density at radius 3 is 2.70 bits per heavy atom. The van der Waals surface area contributed by atoms with Gasteiger partial charge in [0.15, 0.2) is 5.82 Å². The first-order valence-electron chi connectivity index (χ1n) is 7.26. The second-order valence-electron chi connectivity index (χ2n) is 5.77. The first kappa shape index (κ1) is 13.9. The van der Waals surface area contributed by atoms with Crippen LogP contribution in [0.5, 0.6) is 0 Å². The third-order valence-electron chi connectivity index (χ3n) is 4.57. The molecule has 1 aromatic rings. The molecule has 5 nitrogen and oxygen atoms in total. The number of thioether (sulfide) groups is 1. The van der Waals surface area contributed by atoms with E-state index in [-0.39, 0.29) is 10.3 Å². The maximum absolute atomic E-state index is 12.5. The summed E-state index contributed by atoms with van der Waals surface area (Å²) in [7, 11) is 0. The minimum absolute atomic E-state index is 0.0689. The van der Waals surface area contributed by atoms with E-state index < -0.39 is 0 Å². The van der Waals surface area contributed by atoms with Crippen LogP contribution in [-0.2, 0) is 0 Å². The highest BCUT2D eigenvalue weighted by Gasteiger charge is 2.34. The van der Waals surface area contributed by atoms with E-state index in [0.717, 1.165) is 38.8 Å². The molecule has 0 amide bonds. The van der Waals surface area contributed by atoms with E-state index >= 15 is 0 Å². The molecule has 2 N–H and O–H groups in total. The number of nitrogens with zero attached hydrogens (tertiary/aromatic N) is 3. The number of anilines is 1. The zero-order chi connectivity index (χ0) is 14.2. The molecule has 2 heterocycles. The van der Waals surface area contributed by atoms with Crippen molar-refractivity contribution in [1.29, 1.82) is 0 Å². The fourth-order valence-corrected chi connectivity index (χ4v) is 3.65. The van der Waals surface area contributed by atoms with Crippen molar-refractivity contribution in [2.75, 3.05) is 30.8 Å². The molecule has 1 saturated carbocycles. The Morgan fingerprint density at radius 2 is 2.15 bits per heavy atom. The summed E-state index contributed by atoms with van der Waals surface area (Å²) < 4.78 is 2.03. The molecule has 3 rings (SSSR count). The summed E-state index contributed by atoms with van der Waals surface area (Å²) in [6.07, 6.45) is 9.98. The number of rotatable bonds is 4. The first-order chi connectivity index (χ1) is 9.69. The Kier molecular flexibility index (Phi) is 3.77. The van der Waals surface area contributed by atoms with Gasteiger partial charge in [-0.05, 0) is 31.9 Å². The van der Waals surface area contributed by atoms with Crippen molar-refractivity contribution >= 4 is 17.6 Å². The third-order valence-corrected chi connectivity index (χ3v) is 6.01. The molecule has 0 atom stereocenters. The Bertz CT molecular complexity index is 526. The van der Waals surface area contributed by atoms with Crippen LogP contribution in [0.1, 0.15) is 31.7 Å². The maximum atomic E-state index is 12.5. The van der Waals surface area contributed by atoms with Crippen molar-refractivity contribution in [3.05, 3.63) is 22.7 Å². The average Bonchev–Trinajstić information content (AvgIpc) is 3.32. The van der Waals surface area contributed by atoms with Gasteiger partial charge in [0.05, 0.1) is 0 Å². The molecule has 0 unspecified atom stereocenters. The predicted molar refractivity (Wildman–Crippen MR) is 83.5 cm³/mol. The fraction of sp³-hybridized carbons (Fsp3) is 0.714. The zero-order valence-corrected chi connectivity index (χ0v) is 12.7. The van der Waals surface area contributed by atoms with Gasteiger partial charge in [0.1, 0.15) is 0 Å². The molecule has 0 radical (unpaired) electrons. The molecule has 0 aromatic carbocycles. The summed E-state index contributed by atoms with van der Waals surface area (Å²) in [4.78, 5) is 18.9. The Morgan fingerprint density at radius 1 is 1.45 bits per heavy atom. The van der Waals surface area contributed by atoms with Gasteiger partial charge in [-0.3, -0.25) is 4.79 Å². The number of aromatic nitrogens is 2. The quantitative estimate of drug-likeness (QED) is 0.905. The van der Waals surface area contributed by atoms with Crippen LogP contribution in [0.2, 0.25) is 0 Å². The van der Waals surface area contributed by atoms with Crippen LogP contribution < -0.4 is 16.2 Å². The van der Waals surface area contributed by atoms with Gasteiger partial charge in [0, 0.05) is 42.8 Å². The van der Waals surface area contributed by atoms with E-state index in [1.807, 2.05) is 22.5 Å². The topological polar surface area (TPSA) is 64.2 Å². The van der Waals surface area contributed by atoms with Gasteiger partial charge in [-0.15, -0.1) is 0 Å². The number of hydrogen-bond acceptors (Lipinski definition) is 5. The molecule has 1 aliphatic heterocycles. The SMILES string of the molecule is CSC1(CN)CCN(c2nccn(C3CC3)c2=O)CC1. The van der Waals surface area contributed by atoms with Gasteiger partial charge in [-0.25, -0.2) is 4.98 Å². The van der Waals surface area contributed by atoms with E-state index in [0.29, 0.717) is 18.4 Å². The first-order valence-corrected chi connectivity index (χ1v) is 8.49. The molecule has 1 aromatic heterocycles. The summed E-state index contributed by atoms with van der Waals surface area (Å²) in [5.41, 5.74) is 5.98. The molecule has 2 aliphatic rings. The molecule has 2 fully saturated rings. The monoisotopic (exact) mass is 294 g/mol. The maximum Gasteiger partial charge on any atom is 0.293 e. The molecule has 20 heavy (non-hydrogen) atoms. The third kappa shape index (κ3) is 2.46. The molecule has 0 bridgehead atoms. The van der Waals surface area contributed by atoms with Crippen molar-refractivity contribution in [1.82, 2.24) is 9.55 Å². The summed E-state index contributed by atoms with van der Waals surface area (Å²) >= 11 is 1.86. The molecule has 6 heteroatoms. The number of hydrogen-bond donors (Lipinski definition) is 1. The molecule has 1 aliphatic carbocycles. The smallest absolute Gasteiger partial charge is 0.293 e. The zero-order valence-electron chi connectivity index (χ0n) is 11.9. The van der Waals surface area contributed by atoms with Crippen molar-refractivity contribution in [3.63, 3.8) is 0 Å². The number of piperidine rings is 1. The van der Waals surface area contributed by atoms with Crippen LogP contribution in [0.15, 0.2) is 17.2 Å². The lowest BCUT2D eigenvalue weighted by atomic mass is 9.96. The molecular formula is C14H22N4OS. The summed E-state index contributed by atoms with van der Waals surface area (Å²) in [6, 6.07) is 0.406. The molecule has 1 saturated heterocycles. The lowest BCUT2D eigenvalue weighted by molar-refractivity contribution is 0.453. The highest BCUT2D eigenvalue weighted by atomic mass is 32.2. The predicted octanol–water partition coefficient (Wildman–Crippen LogP) is 1.24. The normalized spacial score (nSPS) is 22.0. The highest BCUT2D eigenvalue weighted by molar-refractivity contribution is 8.00. The van der Waals surface area contributed by atoms with Gasteiger partial charge in [0.2, 0.25) is 0 Å². The van der Waals surface area contributed by atoms with Gasteiger partial charge >= 0.3 is 0 Å². The van der Waals surface area contributed by atoms with Crippen LogP contribution in [0.3, 0.4) is 0 Å². The lowest BCUT2D eigenvalue weighted by Gasteiger charge is -2.40. The van der Waals surface area contributed by atoms with Gasteiger partial charge in [0.25, 0.3) is 5.56 Å². The van der Waals surface area contributed by atoms with Gasteiger partial charge < -0.3 is 15.2 Å². The average molecular weight is 294 g/mol. The van der Waals surface area contributed by atoms with Crippen LogP contribution in [-0.4, -0.2) is 40.2 Å². The largest absolute Gasteiger partial charge is 0.352 e. The van der Waals surface area contributed by atoms with Gasteiger partial charge in [-0.1, -0.05) is 0 Å². The van der Waals surface area contributed by atoms with Crippen molar-refractivity contribution in [3.8, 4) is 0 Å². The Labute approximate surface area is 123 Å². The van der Waals surface area contributed by atoms with E-state index in [2.05, 4.69) is 16.1 Å². The van der Waals surface area contributed by atoms with E-state index in [1.165, 1.54) is 0 Å². The Hall–Kier alpha value is -1.01. The fourth-order valence-electron chi connectivity index (χ4n) is 2.89. The second-order valence-corrected chi connectivity index (χ2v) is 7.05. The van der Waals surface area contributed by atoms with Crippen molar-refractivity contribution < 1.29 is 0 Å². The summed E-state index contributed by atoms with van der Waals surface area (Å²) in [6.45, 7) is 2.44.